The second kappa shape index (κ2) is 6.83. The SMILES string of the molecule is CC1=C[C@@H]([C@@H]2O[C@@]34[C@H](C[C@@H]5O[C@@]53[C@@H]3[C@H](O)C[C@H]5C(C)(C)O[C@@H]6CC(=O)O[C@@]65C[C@@]3(O)C[C@@H]4O)[C@@H]2C)OC1=O. The predicted molar refractivity (Wildman–Crippen MR) is 126 cm³/mol. The topological polar surface area (TPSA) is 144 Å². The third kappa shape index (κ3) is 2.49. The zero-order chi connectivity index (χ0) is 26.8. The second-order valence-electron chi connectivity index (χ2n) is 13.9. The average Bonchev–Trinajstić information content (AvgIpc) is 2.99. The molecule has 0 aromatic heterocycles. The molecule has 0 bridgehead atoms. The van der Waals surface area contributed by atoms with E-state index in [1.54, 1.807) is 13.0 Å². The smallest absolute Gasteiger partial charge is 0.334 e. The highest BCUT2D eigenvalue weighted by Gasteiger charge is 2.91. The van der Waals surface area contributed by atoms with Crippen molar-refractivity contribution in [2.24, 2.45) is 23.7 Å². The van der Waals surface area contributed by atoms with Crippen LogP contribution in [0, 0.1) is 23.7 Å². The Labute approximate surface area is 220 Å². The second-order valence-corrected chi connectivity index (χ2v) is 13.9. The number of esters is 2. The lowest BCUT2D eigenvalue weighted by atomic mass is 9.56. The van der Waals surface area contributed by atoms with Crippen molar-refractivity contribution in [2.75, 3.05) is 0 Å². The fraction of sp³-hybridized carbons (Fsp3) is 0.857. The molecule has 3 saturated carbocycles. The first-order valence-corrected chi connectivity index (χ1v) is 14.0. The van der Waals surface area contributed by atoms with E-state index in [4.69, 9.17) is 23.7 Å². The molecule has 3 N–H and O–H groups in total. The van der Waals surface area contributed by atoms with Crippen molar-refractivity contribution in [1.29, 1.82) is 0 Å². The Morgan fingerprint density at radius 2 is 1.79 bits per heavy atom. The third-order valence-corrected chi connectivity index (χ3v) is 11.8. The van der Waals surface area contributed by atoms with Crippen LogP contribution in [-0.4, -0.2) is 91.9 Å². The predicted octanol–water partition coefficient (Wildman–Crippen LogP) is 0.535. The maximum atomic E-state index is 12.5. The molecule has 14 atom stereocenters. The molecule has 38 heavy (non-hydrogen) atoms. The lowest BCUT2D eigenvalue weighted by Crippen LogP contribution is -2.72. The molecule has 3 aliphatic carbocycles. The molecule has 10 heteroatoms. The summed E-state index contributed by atoms with van der Waals surface area (Å²) in [6, 6.07) is 0. The molecule has 3 spiro atoms. The quantitative estimate of drug-likeness (QED) is 0.323. The van der Waals surface area contributed by atoms with Gasteiger partial charge in [0.2, 0.25) is 0 Å². The van der Waals surface area contributed by atoms with Crippen molar-refractivity contribution >= 4 is 11.9 Å². The molecule has 10 nitrogen and oxygen atoms in total. The Morgan fingerprint density at radius 1 is 1.03 bits per heavy atom. The summed E-state index contributed by atoms with van der Waals surface area (Å²) in [5.41, 5.74) is -5.04. The van der Waals surface area contributed by atoms with E-state index in [1.807, 2.05) is 13.8 Å². The number of carbonyl (C=O) groups is 2. The summed E-state index contributed by atoms with van der Waals surface area (Å²) < 4.78 is 31.2. The first kappa shape index (κ1) is 24.3. The summed E-state index contributed by atoms with van der Waals surface area (Å²) in [6.07, 6.45) is -1.16. The van der Waals surface area contributed by atoms with E-state index in [2.05, 4.69) is 6.92 Å². The largest absolute Gasteiger partial charge is 0.456 e. The highest BCUT2D eigenvalue weighted by atomic mass is 16.7. The van der Waals surface area contributed by atoms with Crippen molar-refractivity contribution in [1.82, 2.24) is 0 Å². The number of rotatable bonds is 1. The third-order valence-electron chi connectivity index (χ3n) is 11.8. The minimum atomic E-state index is -1.57. The highest BCUT2D eigenvalue weighted by molar-refractivity contribution is 5.90. The molecule has 0 radical (unpaired) electrons. The van der Waals surface area contributed by atoms with Crippen LogP contribution in [0.1, 0.15) is 59.8 Å². The summed E-state index contributed by atoms with van der Waals surface area (Å²) in [5.74, 6) is -1.97. The minimum absolute atomic E-state index is 0.0440. The first-order valence-electron chi connectivity index (χ1n) is 14.0. The van der Waals surface area contributed by atoms with Gasteiger partial charge in [0.25, 0.3) is 0 Å². The van der Waals surface area contributed by atoms with Crippen LogP contribution in [0.4, 0.5) is 0 Å². The van der Waals surface area contributed by atoms with Crippen LogP contribution < -0.4 is 0 Å². The normalized spacial score (nSPS) is 61.0. The lowest BCUT2D eigenvalue weighted by molar-refractivity contribution is -0.269. The van der Waals surface area contributed by atoms with Crippen molar-refractivity contribution in [3.05, 3.63) is 11.6 Å². The number of hydrogen-bond acceptors (Lipinski definition) is 10. The van der Waals surface area contributed by atoms with Crippen molar-refractivity contribution < 1.29 is 48.6 Å². The first-order chi connectivity index (χ1) is 17.8. The molecule has 0 unspecified atom stereocenters. The van der Waals surface area contributed by atoms with Crippen LogP contribution in [0.3, 0.4) is 0 Å². The molecule has 8 aliphatic rings. The number of aliphatic hydroxyl groups is 3. The summed E-state index contributed by atoms with van der Waals surface area (Å²) in [5, 5.41) is 36.3. The molecule has 5 heterocycles. The van der Waals surface area contributed by atoms with Crippen LogP contribution in [0.2, 0.25) is 0 Å². The number of hydrogen-bond donors (Lipinski definition) is 3. The van der Waals surface area contributed by atoms with Gasteiger partial charge in [0.15, 0.2) is 0 Å². The summed E-state index contributed by atoms with van der Waals surface area (Å²) in [4.78, 5) is 24.7. The molecule has 208 valence electrons. The Hall–Kier alpha value is -1.56. The summed E-state index contributed by atoms with van der Waals surface area (Å²) in [6.45, 7) is 7.66. The van der Waals surface area contributed by atoms with Gasteiger partial charge in [-0.05, 0) is 45.6 Å². The average molecular weight is 533 g/mol. The molecule has 0 amide bonds. The van der Waals surface area contributed by atoms with Crippen LogP contribution in [0.25, 0.3) is 0 Å². The fourth-order valence-corrected chi connectivity index (χ4v) is 10.6. The number of fused-ring (bicyclic) bond motifs is 1. The fourth-order valence-electron chi connectivity index (χ4n) is 10.6. The number of epoxide rings is 1. The molecular formula is C28H36O10. The molecule has 7 fully saturated rings. The van der Waals surface area contributed by atoms with E-state index in [0.29, 0.717) is 12.0 Å². The van der Waals surface area contributed by atoms with Gasteiger partial charge < -0.3 is 39.0 Å². The maximum absolute atomic E-state index is 12.5. The molecule has 8 rings (SSSR count). The van der Waals surface area contributed by atoms with Crippen LogP contribution >= 0.6 is 0 Å². The number of cyclic esters (lactones) is 1. The van der Waals surface area contributed by atoms with Crippen molar-refractivity contribution in [3.8, 4) is 0 Å². The van der Waals surface area contributed by atoms with Crippen LogP contribution in [0.15, 0.2) is 11.6 Å². The van der Waals surface area contributed by atoms with Gasteiger partial charge in [-0.2, -0.15) is 0 Å². The molecule has 0 aromatic carbocycles. The zero-order valence-corrected chi connectivity index (χ0v) is 22.1. The van der Waals surface area contributed by atoms with Crippen molar-refractivity contribution in [2.45, 2.75) is 124 Å². The van der Waals surface area contributed by atoms with Crippen LogP contribution in [-0.2, 0) is 33.3 Å². The highest BCUT2D eigenvalue weighted by Crippen LogP contribution is 2.76. The minimum Gasteiger partial charge on any atom is -0.456 e. The number of carbonyl (C=O) groups excluding carboxylic acids is 2. The van der Waals surface area contributed by atoms with Gasteiger partial charge in [-0.1, -0.05) is 6.92 Å². The maximum Gasteiger partial charge on any atom is 0.334 e. The molecule has 4 saturated heterocycles. The Bertz CT molecular complexity index is 1180. The van der Waals surface area contributed by atoms with Gasteiger partial charge in [0.05, 0.1) is 35.9 Å². The van der Waals surface area contributed by atoms with Gasteiger partial charge in [-0.3, -0.25) is 4.79 Å². The van der Waals surface area contributed by atoms with E-state index in [1.165, 1.54) is 0 Å². The Balaban J connectivity index is 1.22. The zero-order valence-electron chi connectivity index (χ0n) is 22.1. The van der Waals surface area contributed by atoms with Gasteiger partial charge in [-0.15, -0.1) is 0 Å². The van der Waals surface area contributed by atoms with Crippen molar-refractivity contribution in [3.63, 3.8) is 0 Å². The summed E-state index contributed by atoms with van der Waals surface area (Å²) >= 11 is 0. The van der Waals surface area contributed by atoms with Gasteiger partial charge in [0, 0.05) is 36.2 Å². The van der Waals surface area contributed by atoms with Gasteiger partial charge >= 0.3 is 11.9 Å². The van der Waals surface area contributed by atoms with E-state index < -0.39 is 64.4 Å². The monoisotopic (exact) mass is 532 g/mol. The molecular weight excluding hydrogens is 496 g/mol. The van der Waals surface area contributed by atoms with Gasteiger partial charge in [0.1, 0.15) is 35.1 Å². The van der Waals surface area contributed by atoms with E-state index >= 15 is 0 Å². The standard InChI is InChI=1S/C28H36O10/c1-11-5-15(34-23(11)32)21-12(2)13-6-19-28(36-19)22-14(29)7-16-24(3,4)35-18-8-20(31)37-26(16,18)10-25(22,33)9-17(30)27(13,28)38-21/h5,12-19,21-22,29-30,33H,6-10H2,1-4H3/t12-,13+,14+,15-,16-,17-,18+,19-,21+,22+,25-,26+,27+,28+/m0/s1. The number of aliphatic hydroxyl groups excluding tert-OH is 2. The Kier molecular flexibility index (Phi) is 4.36. The van der Waals surface area contributed by atoms with E-state index in [9.17, 15) is 24.9 Å². The van der Waals surface area contributed by atoms with E-state index in [0.717, 1.165) is 0 Å². The lowest BCUT2D eigenvalue weighted by Gasteiger charge is -2.56. The van der Waals surface area contributed by atoms with Gasteiger partial charge in [-0.25, -0.2) is 4.79 Å². The molecule has 5 aliphatic heterocycles. The molecule has 0 aromatic rings. The Morgan fingerprint density at radius 3 is 2.50 bits per heavy atom. The van der Waals surface area contributed by atoms with E-state index in [-0.39, 0.29) is 61.5 Å². The number of ether oxygens (including phenoxy) is 5. The van der Waals surface area contributed by atoms with Crippen LogP contribution in [0.5, 0.6) is 0 Å². The summed E-state index contributed by atoms with van der Waals surface area (Å²) in [7, 11) is 0.